The maximum absolute atomic E-state index is 14.7. The number of fused-ring (bicyclic) bond motifs is 1. The first-order chi connectivity index (χ1) is 41.3. The summed E-state index contributed by atoms with van der Waals surface area (Å²) in [6.45, 7) is 2.49. The van der Waals surface area contributed by atoms with Crippen LogP contribution in [-0.2, 0) is 72.0 Å². The molecule has 0 saturated carbocycles. The van der Waals surface area contributed by atoms with Crippen molar-refractivity contribution >= 4 is 82.0 Å². The fourth-order valence-electron chi connectivity index (χ4n) is 8.82. The highest BCUT2D eigenvalue weighted by Gasteiger charge is 2.36. The number of aliphatic carboxylic acids is 2. The molecule has 0 unspecified atom stereocenters. The van der Waals surface area contributed by atoms with Gasteiger partial charge in [0.1, 0.15) is 48.0 Å². The van der Waals surface area contributed by atoms with Gasteiger partial charge in [0.15, 0.2) is 12.0 Å². The monoisotopic (exact) mass is 1220 g/mol. The van der Waals surface area contributed by atoms with E-state index in [1.807, 2.05) is 0 Å². The second-order valence-electron chi connectivity index (χ2n) is 20.7. The number of guanidine groups is 1. The number of imidazole rings is 1. The Kier molecular flexibility index (Phi) is 28.0. The summed E-state index contributed by atoms with van der Waals surface area (Å²) in [5.74, 6) is -11.8. The number of primary amides is 1. The Balaban J connectivity index is 1.69. The molecule has 32 heteroatoms. The standard InChI is InChI=1S/C55H79N17O15/c1-28(46(78)72-45(29(2)73)54(86)87)65-48(80)38(11-7-21-62-55(59)60)67-52(84)41(23-31-25-63-36-9-4-3-8-34(31)36)71-50(82)39(17-19-44(76)77)68-49(81)37(10-5-6-20-56)66-51(83)40(22-30-12-14-33(74)15-13-30)70-53(85)42(24-32-26-61-27-64-32)69-47(79)35(57)16-18-43(58)75/h3-4,8-9,12-15,25-29,35,37-42,45,63,73-74H,5-7,10-11,16-24,56-57H2,1-2H3,(H2,58,75)(H,61,64)(H,65,80)(H,66,83)(H,67,84)(H,68,81)(H,69,79)(H,70,85)(H,71,82)(H,72,78)(H,76,77)(H,86,87)(H4,59,60,62)/t28-,29+,35-,37-,38-,39-,40-,41-,42-,45-/m0/s1. The molecule has 0 aliphatic rings. The summed E-state index contributed by atoms with van der Waals surface area (Å²) in [5.41, 5.74) is 30.0. The number of phenolic OH excluding ortho intramolecular Hbond substituents is 1. The lowest BCUT2D eigenvalue weighted by Crippen LogP contribution is -2.61. The van der Waals surface area contributed by atoms with E-state index < -0.39 is 138 Å². The summed E-state index contributed by atoms with van der Waals surface area (Å²) in [4.78, 5) is 162. The Labute approximate surface area is 499 Å². The number of carboxylic acid groups (broad SMARTS) is 2. The Bertz CT molecular complexity index is 3020. The molecule has 2 aromatic heterocycles. The first-order valence-electron chi connectivity index (χ1n) is 27.9. The maximum atomic E-state index is 14.7. The van der Waals surface area contributed by atoms with Gasteiger partial charge in [-0.3, -0.25) is 52.9 Å². The number of H-pyrrole nitrogens is 2. The molecule has 2 heterocycles. The van der Waals surface area contributed by atoms with E-state index in [1.165, 1.54) is 43.7 Å². The fraction of sp³-hybridized carbons (Fsp3) is 0.473. The zero-order valence-electron chi connectivity index (χ0n) is 48.1. The number of para-hydroxylation sites is 1. The lowest BCUT2D eigenvalue weighted by Gasteiger charge is -2.28. The number of nitrogens with zero attached hydrogens (tertiary/aromatic N) is 2. The number of carbonyl (C=O) groups is 11. The lowest BCUT2D eigenvalue weighted by molar-refractivity contribution is -0.145. The number of rotatable bonds is 38. The largest absolute Gasteiger partial charge is 0.508 e. The van der Waals surface area contributed by atoms with Crippen LogP contribution in [0, 0.1) is 0 Å². The van der Waals surface area contributed by atoms with E-state index in [0.717, 1.165) is 6.92 Å². The zero-order chi connectivity index (χ0) is 64.3. The molecular formula is C55H79N17O15. The molecule has 4 rings (SSSR count). The molecule has 0 aliphatic carbocycles. The number of nitrogens with one attached hydrogen (secondary N) is 10. The molecule has 24 N–H and O–H groups in total. The minimum Gasteiger partial charge on any atom is -0.508 e. The van der Waals surface area contributed by atoms with Gasteiger partial charge in [-0.05, 0) is 94.7 Å². The van der Waals surface area contributed by atoms with Crippen LogP contribution in [0.3, 0.4) is 0 Å². The molecule has 0 radical (unpaired) electrons. The SMILES string of the molecule is C[C@H](NC(=O)[C@H](CCCN=C(N)N)NC(=O)[C@H](Cc1c[nH]c2ccccc12)NC(=O)[C@H](CCC(=O)O)NC(=O)[C@H](CCCCN)NC(=O)[C@H](Cc1ccc(O)cc1)NC(=O)[C@H](Cc1cnc[nH]1)NC(=O)[C@@H](N)CCC(N)=O)C(=O)N[C@H](C(=O)O)[C@@H](C)O. The fourth-order valence-corrected chi connectivity index (χ4v) is 8.82. The number of aromatic hydroxyl groups is 1. The van der Waals surface area contributed by atoms with Gasteiger partial charge in [0.25, 0.3) is 0 Å². The van der Waals surface area contributed by atoms with Crippen molar-refractivity contribution in [2.24, 2.45) is 33.7 Å². The molecule has 9 amide bonds. The molecule has 0 saturated heterocycles. The van der Waals surface area contributed by atoms with Gasteiger partial charge in [0, 0.05) is 67.6 Å². The number of phenols is 1. The number of amides is 9. The third kappa shape index (κ3) is 23.7. The van der Waals surface area contributed by atoms with Gasteiger partial charge < -0.3 is 102 Å². The van der Waals surface area contributed by atoms with Gasteiger partial charge in [-0.2, -0.15) is 0 Å². The van der Waals surface area contributed by atoms with E-state index in [2.05, 4.69) is 62.5 Å². The highest BCUT2D eigenvalue weighted by atomic mass is 16.4. The third-order valence-corrected chi connectivity index (χ3v) is 13.6. The Morgan fingerprint density at radius 2 is 1.14 bits per heavy atom. The lowest BCUT2D eigenvalue weighted by atomic mass is 10.0. The topological polar surface area (TPSA) is 552 Å². The van der Waals surface area contributed by atoms with Gasteiger partial charge in [0.05, 0.1) is 18.5 Å². The van der Waals surface area contributed by atoms with Crippen LogP contribution in [-0.4, -0.2) is 180 Å². The minimum absolute atomic E-state index is 0.0290. The molecule has 4 aromatic rings. The van der Waals surface area contributed by atoms with Gasteiger partial charge in [-0.15, -0.1) is 0 Å². The molecule has 0 fully saturated rings. The van der Waals surface area contributed by atoms with Crippen LogP contribution in [0.25, 0.3) is 10.9 Å². The zero-order valence-corrected chi connectivity index (χ0v) is 48.1. The number of aromatic amines is 2. The molecule has 87 heavy (non-hydrogen) atoms. The highest BCUT2D eigenvalue weighted by molar-refractivity contribution is 5.99. The van der Waals surface area contributed by atoms with Crippen LogP contribution < -0.4 is 71.2 Å². The van der Waals surface area contributed by atoms with E-state index in [1.54, 1.807) is 30.5 Å². The molecule has 0 bridgehead atoms. The summed E-state index contributed by atoms with van der Waals surface area (Å²) >= 11 is 0. The molecule has 474 valence electrons. The average molecular weight is 1220 g/mol. The molecule has 0 aliphatic heterocycles. The summed E-state index contributed by atoms with van der Waals surface area (Å²) in [5, 5.41) is 60.0. The number of aliphatic hydroxyl groups is 1. The quantitative estimate of drug-likeness (QED) is 0.0115. The summed E-state index contributed by atoms with van der Waals surface area (Å²) in [6, 6.07) is -1.16. The van der Waals surface area contributed by atoms with Crippen LogP contribution >= 0.6 is 0 Å². The van der Waals surface area contributed by atoms with Gasteiger partial charge in [-0.1, -0.05) is 30.3 Å². The average Bonchev–Trinajstić information content (AvgIpc) is 2.84. The van der Waals surface area contributed by atoms with Crippen LogP contribution in [0.15, 0.2) is 72.2 Å². The second kappa shape index (κ2) is 34.9. The van der Waals surface area contributed by atoms with Crippen molar-refractivity contribution in [1.82, 2.24) is 57.5 Å². The van der Waals surface area contributed by atoms with E-state index in [0.29, 0.717) is 34.1 Å². The number of carbonyl (C=O) groups excluding carboxylic acids is 9. The smallest absolute Gasteiger partial charge is 0.328 e. The third-order valence-electron chi connectivity index (χ3n) is 13.6. The number of carboxylic acids is 2. The van der Waals surface area contributed by atoms with Crippen LogP contribution in [0.2, 0.25) is 0 Å². The molecule has 32 nitrogen and oxygen atoms in total. The van der Waals surface area contributed by atoms with E-state index in [9.17, 15) is 73.2 Å². The van der Waals surface area contributed by atoms with Crippen molar-refractivity contribution in [3.8, 4) is 5.75 Å². The molecule has 0 spiro atoms. The predicted molar refractivity (Wildman–Crippen MR) is 313 cm³/mol. The van der Waals surface area contributed by atoms with Crippen molar-refractivity contribution < 1.29 is 73.2 Å². The van der Waals surface area contributed by atoms with Crippen molar-refractivity contribution in [2.75, 3.05) is 13.1 Å². The summed E-state index contributed by atoms with van der Waals surface area (Å²) in [6.07, 6.45) is 0.699. The summed E-state index contributed by atoms with van der Waals surface area (Å²) in [7, 11) is 0. The minimum atomic E-state index is -1.74. The number of nitrogens with two attached hydrogens (primary N) is 5. The van der Waals surface area contributed by atoms with E-state index >= 15 is 0 Å². The van der Waals surface area contributed by atoms with Crippen molar-refractivity contribution in [3.05, 3.63) is 84.1 Å². The predicted octanol–water partition coefficient (Wildman–Crippen LogP) is -4.37. The number of aliphatic imine (C=N–C) groups is 1. The first kappa shape index (κ1) is 69.8. The number of benzene rings is 2. The van der Waals surface area contributed by atoms with Crippen molar-refractivity contribution in [1.29, 1.82) is 0 Å². The Morgan fingerprint density at radius 1 is 0.598 bits per heavy atom. The van der Waals surface area contributed by atoms with E-state index in [4.69, 9.17) is 28.7 Å². The molecule has 2 aromatic carbocycles. The first-order valence-corrected chi connectivity index (χ1v) is 27.9. The number of hydrogen-bond donors (Lipinski definition) is 19. The maximum Gasteiger partial charge on any atom is 0.328 e. The molecular weight excluding hydrogens is 1140 g/mol. The van der Waals surface area contributed by atoms with Gasteiger partial charge in [0.2, 0.25) is 53.2 Å². The van der Waals surface area contributed by atoms with Crippen molar-refractivity contribution in [3.63, 3.8) is 0 Å². The highest BCUT2D eigenvalue weighted by Crippen LogP contribution is 2.20. The molecule has 10 atom stereocenters. The van der Waals surface area contributed by atoms with Gasteiger partial charge >= 0.3 is 11.9 Å². The Morgan fingerprint density at radius 3 is 1.69 bits per heavy atom. The Hall–Kier alpha value is -9.69. The second-order valence-corrected chi connectivity index (χ2v) is 20.7. The summed E-state index contributed by atoms with van der Waals surface area (Å²) < 4.78 is 0. The normalized spacial score (nSPS) is 14.5. The van der Waals surface area contributed by atoms with Crippen molar-refractivity contribution in [2.45, 2.75) is 151 Å². The number of aromatic nitrogens is 3. The number of aliphatic hydroxyl groups excluding tert-OH is 1. The van der Waals surface area contributed by atoms with Gasteiger partial charge in [-0.25, -0.2) is 9.78 Å². The van der Waals surface area contributed by atoms with Crippen LogP contribution in [0.4, 0.5) is 0 Å². The number of hydrogen-bond acceptors (Lipinski definition) is 17. The van der Waals surface area contributed by atoms with E-state index in [-0.39, 0.29) is 82.6 Å². The number of unbranched alkanes of at least 4 members (excludes halogenated alkanes) is 1. The van der Waals surface area contributed by atoms with Crippen LogP contribution in [0.1, 0.15) is 88.5 Å². The van der Waals surface area contributed by atoms with Crippen LogP contribution in [0.5, 0.6) is 5.75 Å².